The van der Waals surface area contributed by atoms with Crippen molar-refractivity contribution in [2.24, 2.45) is 0 Å². The highest BCUT2D eigenvalue weighted by atomic mass is 16.3. The van der Waals surface area contributed by atoms with Crippen molar-refractivity contribution >= 4 is 0 Å². The van der Waals surface area contributed by atoms with E-state index in [1.807, 2.05) is 60.7 Å². The van der Waals surface area contributed by atoms with E-state index in [0.29, 0.717) is 0 Å². The summed E-state index contributed by atoms with van der Waals surface area (Å²) in [7, 11) is 4.11. The molecule has 0 saturated carbocycles. The Labute approximate surface area is 164 Å². The van der Waals surface area contributed by atoms with Gasteiger partial charge in [0.15, 0.2) is 0 Å². The molecule has 27 heavy (non-hydrogen) atoms. The molecule has 2 rings (SSSR count). The van der Waals surface area contributed by atoms with E-state index in [0.717, 1.165) is 30.6 Å². The van der Waals surface area contributed by atoms with Crippen molar-refractivity contribution in [2.45, 2.75) is 44.6 Å². The second-order valence-corrected chi connectivity index (χ2v) is 7.51. The quantitative estimate of drug-likeness (QED) is 0.672. The number of rotatable bonds is 10. The average Bonchev–Trinajstić information content (AvgIpc) is 2.72. The topological polar surface area (TPSA) is 46.9 Å². The summed E-state index contributed by atoms with van der Waals surface area (Å²) in [6, 6.07) is 19.7. The van der Waals surface area contributed by atoms with Gasteiger partial charge in [-0.2, -0.15) is 0 Å². The van der Waals surface area contributed by atoms with E-state index in [-0.39, 0.29) is 12.1 Å². The maximum absolute atomic E-state index is 10.6. The molecule has 4 atom stereocenters. The third-order valence-corrected chi connectivity index (χ3v) is 5.61. The van der Waals surface area contributed by atoms with Crippen molar-refractivity contribution in [1.29, 1.82) is 0 Å². The van der Waals surface area contributed by atoms with Crippen molar-refractivity contribution in [2.75, 3.05) is 27.2 Å². The van der Waals surface area contributed by atoms with Crippen LogP contribution in [0.4, 0.5) is 0 Å². The van der Waals surface area contributed by atoms with Crippen LogP contribution in [-0.4, -0.2) is 59.3 Å². The molecule has 4 unspecified atom stereocenters. The maximum Gasteiger partial charge on any atom is 0.0942 e. The lowest BCUT2D eigenvalue weighted by Gasteiger charge is -2.32. The molecule has 0 amide bonds. The predicted octanol–water partition coefficient (Wildman–Crippen LogP) is 3.48. The highest BCUT2D eigenvalue weighted by Crippen LogP contribution is 2.21. The average molecular weight is 371 g/mol. The van der Waals surface area contributed by atoms with Crippen LogP contribution in [0.25, 0.3) is 0 Å². The number of benzene rings is 2. The minimum absolute atomic E-state index is 0.0463. The molecule has 148 valence electrons. The van der Waals surface area contributed by atoms with Gasteiger partial charge in [0.05, 0.1) is 12.2 Å². The lowest BCUT2D eigenvalue weighted by atomic mass is 10.0. The minimum atomic E-state index is -0.493. The van der Waals surface area contributed by atoms with Crippen LogP contribution >= 0.6 is 0 Å². The summed E-state index contributed by atoms with van der Waals surface area (Å²) < 4.78 is 0. The molecule has 0 aliphatic carbocycles. The molecule has 2 aromatic carbocycles. The van der Waals surface area contributed by atoms with Gasteiger partial charge < -0.3 is 20.0 Å². The molecule has 0 aromatic heterocycles. The van der Waals surface area contributed by atoms with Crippen LogP contribution in [0.2, 0.25) is 0 Å². The molecule has 0 aliphatic rings. The summed E-state index contributed by atoms with van der Waals surface area (Å²) in [5.74, 6) is 0. The van der Waals surface area contributed by atoms with Gasteiger partial charge >= 0.3 is 0 Å². The van der Waals surface area contributed by atoms with Gasteiger partial charge in [0, 0.05) is 12.1 Å². The Balaban J connectivity index is 1.79. The second kappa shape index (κ2) is 10.6. The summed E-state index contributed by atoms with van der Waals surface area (Å²) in [5, 5.41) is 21.1. The van der Waals surface area contributed by atoms with Crippen molar-refractivity contribution in [3.8, 4) is 0 Å². The largest absolute Gasteiger partial charge is 0.387 e. The Hall–Kier alpha value is -1.72. The van der Waals surface area contributed by atoms with E-state index in [1.165, 1.54) is 0 Å². The summed E-state index contributed by atoms with van der Waals surface area (Å²) in [6.07, 6.45) is -0.00875. The van der Waals surface area contributed by atoms with Crippen LogP contribution in [-0.2, 0) is 0 Å². The summed E-state index contributed by atoms with van der Waals surface area (Å²) in [6.45, 7) is 5.90. The maximum atomic E-state index is 10.6. The van der Waals surface area contributed by atoms with Gasteiger partial charge in [-0.1, -0.05) is 60.7 Å². The van der Waals surface area contributed by atoms with E-state index < -0.39 is 12.2 Å². The number of aliphatic hydroxyl groups is 2. The first-order valence-electron chi connectivity index (χ1n) is 9.78. The Morgan fingerprint density at radius 3 is 1.33 bits per heavy atom. The number of nitrogens with zero attached hydrogens (tertiary/aromatic N) is 2. The van der Waals surface area contributed by atoms with Crippen molar-refractivity contribution < 1.29 is 10.2 Å². The zero-order valence-corrected chi connectivity index (χ0v) is 17.0. The Kier molecular flexibility index (Phi) is 8.45. The van der Waals surface area contributed by atoms with Gasteiger partial charge in [0.25, 0.3) is 0 Å². The number of aliphatic hydroxyl groups excluding tert-OH is 2. The fourth-order valence-corrected chi connectivity index (χ4v) is 3.32. The molecule has 0 bridgehead atoms. The van der Waals surface area contributed by atoms with Crippen molar-refractivity contribution in [3.05, 3.63) is 71.8 Å². The van der Waals surface area contributed by atoms with Gasteiger partial charge in [-0.05, 0) is 58.6 Å². The Morgan fingerprint density at radius 2 is 1.00 bits per heavy atom. The smallest absolute Gasteiger partial charge is 0.0942 e. The van der Waals surface area contributed by atoms with Crippen LogP contribution in [0.1, 0.15) is 43.6 Å². The van der Waals surface area contributed by atoms with Gasteiger partial charge in [0.1, 0.15) is 0 Å². The van der Waals surface area contributed by atoms with Gasteiger partial charge in [-0.3, -0.25) is 0 Å². The first-order valence-corrected chi connectivity index (χ1v) is 9.78. The highest BCUT2D eigenvalue weighted by Gasteiger charge is 2.22. The summed E-state index contributed by atoms with van der Waals surface area (Å²) >= 11 is 0. The van der Waals surface area contributed by atoms with Crippen molar-refractivity contribution in [3.63, 3.8) is 0 Å². The Morgan fingerprint density at radius 1 is 0.667 bits per heavy atom. The zero-order valence-electron chi connectivity index (χ0n) is 17.0. The van der Waals surface area contributed by atoms with Crippen LogP contribution in [0, 0.1) is 0 Å². The molecule has 0 fully saturated rings. The standard InChI is InChI=1S/C23H34N2O2/c1-18(22(26)20-12-7-5-8-13-20)24(3)16-11-17-25(4)19(2)23(27)21-14-9-6-10-15-21/h5-10,12-15,18-19,22-23,26-27H,11,16-17H2,1-4H3. The van der Waals surface area contributed by atoms with Crippen LogP contribution in [0.5, 0.6) is 0 Å². The van der Waals surface area contributed by atoms with Gasteiger partial charge in [0.2, 0.25) is 0 Å². The molecule has 2 N–H and O–H groups in total. The first kappa shape index (κ1) is 21.6. The van der Waals surface area contributed by atoms with E-state index in [2.05, 4.69) is 37.7 Å². The first-order chi connectivity index (χ1) is 12.9. The third-order valence-electron chi connectivity index (χ3n) is 5.61. The molecule has 4 nitrogen and oxygen atoms in total. The normalized spacial score (nSPS) is 16.3. The zero-order chi connectivity index (χ0) is 19.8. The molecule has 4 heteroatoms. The SMILES string of the molecule is CC(C(O)c1ccccc1)N(C)CCCN(C)C(C)C(O)c1ccccc1. The fraction of sp³-hybridized carbons (Fsp3) is 0.478. The minimum Gasteiger partial charge on any atom is -0.387 e. The highest BCUT2D eigenvalue weighted by molar-refractivity contribution is 5.19. The number of likely N-dealkylation sites (N-methyl/N-ethyl adjacent to an activating group) is 2. The van der Waals surface area contributed by atoms with Crippen LogP contribution < -0.4 is 0 Å². The summed E-state index contributed by atoms with van der Waals surface area (Å²) in [5.41, 5.74) is 1.90. The molecule has 0 aliphatic heterocycles. The molecular formula is C23H34N2O2. The van der Waals surface area contributed by atoms with E-state index in [9.17, 15) is 10.2 Å². The van der Waals surface area contributed by atoms with Crippen LogP contribution in [0.3, 0.4) is 0 Å². The third kappa shape index (κ3) is 6.15. The van der Waals surface area contributed by atoms with Crippen molar-refractivity contribution in [1.82, 2.24) is 9.80 Å². The monoisotopic (exact) mass is 370 g/mol. The Bertz CT molecular complexity index is 592. The lowest BCUT2D eigenvalue weighted by Crippen LogP contribution is -2.38. The van der Waals surface area contributed by atoms with Gasteiger partial charge in [-0.15, -0.1) is 0 Å². The number of hydrogen-bond donors (Lipinski definition) is 2. The lowest BCUT2D eigenvalue weighted by molar-refractivity contribution is 0.0585. The predicted molar refractivity (Wildman–Crippen MR) is 112 cm³/mol. The van der Waals surface area contributed by atoms with E-state index in [4.69, 9.17) is 0 Å². The molecule has 0 radical (unpaired) electrons. The summed E-state index contributed by atoms with van der Waals surface area (Å²) in [4.78, 5) is 4.40. The number of hydrogen-bond acceptors (Lipinski definition) is 4. The molecule has 0 saturated heterocycles. The fourth-order valence-electron chi connectivity index (χ4n) is 3.32. The second-order valence-electron chi connectivity index (χ2n) is 7.51. The molecule has 0 spiro atoms. The molecular weight excluding hydrogens is 336 g/mol. The van der Waals surface area contributed by atoms with E-state index >= 15 is 0 Å². The molecule has 2 aromatic rings. The van der Waals surface area contributed by atoms with Gasteiger partial charge in [-0.25, -0.2) is 0 Å². The van der Waals surface area contributed by atoms with Crippen LogP contribution in [0.15, 0.2) is 60.7 Å². The molecule has 0 heterocycles. The van der Waals surface area contributed by atoms with E-state index in [1.54, 1.807) is 0 Å².